The highest BCUT2D eigenvalue weighted by Crippen LogP contribution is 2.16. The van der Waals surface area contributed by atoms with E-state index in [-0.39, 0.29) is 5.78 Å². The average molecular weight is 227 g/mol. The molecule has 0 aromatic carbocycles. The first kappa shape index (κ1) is 12.0. The van der Waals surface area contributed by atoms with Crippen LogP contribution in [-0.2, 0) is 7.05 Å². The molecule has 0 saturated carbocycles. The molecule has 3 nitrogen and oxygen atoms in total. The van der Waals surface area contributed by atoms with Gasteiger partial charge in [0.15, 0.2) is 0 Å². The van der Waals surface area contributed by atoms with E-state index in [1.54, 1.807) is 13.1 Å². The number of carbonyl (C=O) groups excluding carboxylic acids is 1. The van der Waals surface area contributed by atoms with Gasteiger partial charge in [0.25, 0.3) is 0 Å². The summed E-state index contributed by atoms with van der Waals surface area (Å²) >= 11 is 5.88. The molecule has 0 spiro atoms. The van der Waals surface area contributed by atoms with Crippen LogP contribution in [0.25, 0.3) is 0 Å². The summed E-state index contributed by atoms with van der Waals surface area (Å²) in [6.45, 7) is 4.07. The Hall–Kier alpha value is -1.09. The van der Waals surface area contributed by atoms with Crippen molar-refractivity contribution in [1.82, 2.24) is 9.78 Å². The van der Waals surface area contributed by atoms with Gasteiger partial charge >= 0.3 is 0 Å². The third kappa shape index (κ3) is 2.69. The highest BCUT2D eigenvalue weighted by atomic mass is 35.5. The molecule has 0 bridgehead atoms. The number of hydrogen-bond donors (Lipinski definition) is 0. The highest BCUT2D eigenvalue weighted by Gasteiger charge is 2.13. The first-order chi connectivity index (χ1) is 7.10. The Morgan fingerprint density at radius 2 is 2.13 bits per heavy atom. The molecule has 0 aliphatic carbocycles. The summed E-state index contributed by atoms with van der Waals surface area (Å²) in [5.74, 6) is -0.0706. The Bertz CT molecular complexity index is 368. The maximum atomic E-state index is 11.9. The summed E-state index contributed by atoms with van der Waals surface area (Å²) in [6.07, 6.45) is 4.92. The molecular weight excluding hydrogens is 212 g/mol. The van der Waals surface area contributed by atoms with Gasteiger partial charge in [0.05, 0.1) is 11.2 Å². The van der Waals surface area contributed by atoms with E-state index in [0.29, 0.717) is 10.7 Å². The topological polar surface area (TPSA) is 34.9 Å². The largest absolute Gasteiger partial charge is 0.287 e. The fraction of sp³-hybridized carbons (Fsp3) is 0.455. The second kappa shape index (κ2) is 5.12. The van der Waals surface area contributed by atoms with Crippen molar-refractivity contribution in [1.29, 1.82) is 0 Å². The summed E-state index contributed by atoms with van der Waals surface area (Å²) in [6, 6.07) is 0. The number of rotatable bonds is 4. The number of hydrogen-bond acceptors (Lipinski definition) is 2. The number of ketones is 1. The molecule has 0 radical (unpaired) electrons. The van der Waals surface area contributed by atoms with Gasteiger partial charge in [-0.05, 0) is 18.9 Å². The van der Waals surface area contributed by atoms with E-state index < -0.39 is 0 Å². The third-order valence-electron chi connectivity index (χ3n) is 2.37. The average Bonchev–Trinajstić information content (AvgIpc) is 2.55. The lowest BCUT2D eigenvalue weighted by molar-refractivity contribution is 0.103. The molecule has 1 heterocycles. The summed E-state index contributed by atoms with van der Waals surface area (Å²) in [5.41, 5.74) is 1.58. The van der Waals surface area contributed by atoms with E-state index in [0.717, 1.165) is 18.4 Å². The van der Waals surface area contributed by atoms with Crippen molar-refractivity contribution < 1.29 is 4.79 Å². The van der Waals surface area contributed by atoms with E-state index in [2.05, 4.69) is 5.10 Å². The van der Waals surface area contributed by atoms with E-state index in [9.17, 15) is 4.79 Å². The van der Waals surface area contributed by atoms with Crippen LogP contribution in [0.1, 0.15) is 37.2 Å². The number of halogens is 1. The molecule has 15 heavy (non-hydrogen) atoms. The van der Waals surface area contributed by atoms with E-state index in [4.69, 9.17) is 11.6 Å². The van der Waals surface area contributed by atoms with Gasteiger partial charge in [-0.15, -0.1) is 0 Å². The monoisotopic (exact) mass is 226 g/mol. The minimum absolute atomic E-state index is 0.0706. The minimum Gasteiger partial charge on any atom is -0.287 e. The molecule has 0 N–H and O–H groups in total. The molecule has 0 aliphatic heterocycles. The van der Waals surface area contributed by atoms with Crippen LogP contribution in [0.4, 0.5) is 0 Å². The minimum atomic E-state index is -0.0706. The second-order valence-corrected chi connectivity index (χ2v) is 3.75. The van der Waals surface area contributed by atoms with E-state index in [1.807, 2.05) is 13.8 Å². The lowest BCUT2D eigenvalue weighted by Gasteiger charge is -2.01. The van der Waals surface area contributed by atoms with Gasteiger partial charge in [-0.25, -0.2) is 0 Å². The van der Waals surface area contributed by atoms with Crippen LogP contribution in [0.3, 0.4) is 0 Å². The predicted molar refractivity (Wildman–Crippen MR) is 61.2 cm³/mol. The molecule has 82 valence electrons. The van der Waals surface area contributed by atoms with Crippen molar-refractivity contribution in [2.45, 2.75) is 26.7 Å². The zero-order valence-electron chi connectivity index (χ0n) is 9.25. The Labute approximate surface area is 94.7 Å². The summed E-state index contributed by atoms with van der Waals surface area (Å²) < 4.78 is 1.50. The van der Waals surface area contributed by atoms with Crippen LogP contribution in [-0.4, -0.2) is 15.6 Å². The van der Waals surface area contributed by atoms with Gasteiger partial charge in [0.2, 0.25) is 5.78 Å². The molecule has 0 fully saturated rings. The summed E-state index contributed by atoms with van der Waals surface area (Å²) in [7, 11) is 1.71. The molecule has 0 atom stereocenters. The van der Waals surface area contributed by atoms with Gasteiger partial charge < -0.3 is 0 Å². The van der Waals surface area contributed by atoms with Crippen LogP contribution < -0.4 is 0 Å². The maximum absolute atomic E-state index is 11.9. The first-order valence-electron chi connectivity index (χ1n) is 5.01. The maximum Gasteiger partial charge on any atom is 0.205 e. The van der Waals surface area contributed by atoms with E-state index >= 15 is 0 Å². The van der Waals surface area contributed by atoms with Gasteiger partial charge in [-0.2, -0.15) is 5.10 Å². The fourth-order valence-electron chi connectivity index (χ4n) is 1.40. The Morgan fingerprint density at radius 3 is 2.53 bits per heavy atom. The van der Waals surface area contributed by atoms with Gasteiger partial charge in [0, 0.05) is 7.05 Å². The van der Waals surface area contributed by atoms with Gasteiger partial charge in [-0.3, -0.25) is 9.48 Å². The van der Waals surface area contributed by atoms with Crippen molar-refractivity contribution in [2.24, 2.45) is 7.05 Å². The highest BCUT2D eigenvalue weighted by molar-refractivity contribution is 6.34. The van der Waals surface area contributed by atoms with E-state index in [1.165, 1.54) is 10.9 Å². The fourth-order valence-corrected chi connectivity index (χ4v) is 1.65. The molecular formula is C11H15ClN2O. The standard InChI is InChI=1S/C11H15ClN2O/c1-4-8(5-2)6-10(15)11-9(12)7-13-14(11)3/h6-7H,4-5H2,1-3H3. The Morgan fingerprint density at radius 1 is 1.53 bits per heavy atom. The molecule has 1 aromatic heterocycles. The zero-order chi connectivity index (χ0) is 11.4. The van der Waals surface area contributed by atoms with Crippen LogP contribution in [0.5, 0.6) is 0 Å². The molecule has 0 saturated heterocycles. The van der Waals surface area contributed by atoms with Crippen molar-refractivity contribution in [2.75, 3.05) is 0 Å². The normalized spacial score (nSPS) is 10.1. The quantitative estimate of drug-likeness (QED) is 0.584. The molecule has 0 amide bonds. The zero-order valence-corrected chi connectivity index (χ0v) is 10.0. The lowest BCUT2D eigenvalue weighted by Crippen LogP contribution is -2.05. The SMILES string of the molecule is CCC(=CC(=O)c1c(Cl)cnn1C)CC. The summed E-state index contributed by atoms with van der Waals surface area (Å²) in [4.78, 5) is 11.9. The smallest absolute Gasteiger partial charge is 0.205 e. The number of aromatic nitrogens is 2. The molecule has 0 unspecified atom stereocenters. The first-order valence-corrected chi connectivity index (χ1v) is 5.39. The van der Waals surface area contributed by atoms with Crippen LogP contribution >= 0.6 is 11.6 Å². The third-order valence-corrected chi connectivity index (χ3v) is 2.65. The molecule has 1 rings (SSSR count). The number of nitrogens with zero attached hydrogens (tertiary/aromatic N) is 2. The van der Waals surface area contributed by atoms with Crippen LogP contribution in [0.2, 0.25) is 5.02 Å². The second-order valence-electron chi connectivity index (χ2n) is 3.34. The summed E-state index contributed by atoms with van der Waals surface area (Å²) in [5, 5.41) is 4.34. The number of aryl methyl sites for hydroxylation is 1. The van der Waals surface area contributed by atoms with Crippen molar-refractivity contribution in [3.63, 3.8) is 0 Å². The predicted octanol–water partition coefficient (Wildman–Crippen LogP) is 3.00. The number of allylic oxidation sites excluding steroid dienone is 2. The Kier molecular flexibility index (Phi) is 4.09. The van der Waals surface area contributed by atoms with Gasteiger partial charge in [0.1, 0.15) is 5.69 Å². The van der Waals surface area contributed by atoms with Crippen LogP contribution in [0, 0.1) is 0 Å². The number of carbonyl (C=O) groups is 1. The Balaban J connectivity index is 3.00. The van der Waals surface area contributed by atoms with Crippen LogP contribution in [0.15, 0.2) is 17.8 Å². The van der Waals surface area contributed by atoms with Crippen molar-refractivity contribution in [3.05, 3.63) is 28.6 Å². The lowest BCUT2D eigenvalue weighted by atomic mass is 10.1. The van der Waals surface area contributed by atoms with Gasteiger partial charge in [-0.1, -0.05) is 31.0 Å². The van der Waals surface area contributed by atoms with Crippen molar-refractivity contribution in [3.8, 4) is 0 Å². The molecule has 4 heteroatoms. The molecule has 1 aromatic rings. The molecule has 0 aliphatic rings. The van der Waals surface area contributed by atoms with Crippen molar-refractivity contribution >= 4 is 17.4 Å².